The Balaban J connectivity index is 2.31. The molecular formula is C13H21FN2. The van der Waals surface area contributed by atoms with Gasteiger partial charge in [-0.1, -0.05) is 20.8 Å². The Hall–Kier alpha value is -0.960. The van der Waals surface area contributed by atoms with Crippen LogP contribution >= 0.6 is 0 Å². The van der Waals surface area contributed by atoms with Crippen LogP contribution in [0.2, 0.25) is 0 Å². The molecule has 0 aliphatic rings. The number of nitrogens with one attached hydrogen (secondary N) is 1. The van der Waals surface area contributed by atoms with Gasteiger partial charge in [-0.15, -0.1) is 0 Å². The third-order valence-corrected chi connectivity index (χ3v) is 2.39. The third-order valence-electron chi connectivity index (χ3n) is 2.39. The Morgan fingerprint density at radius 3 is 2.62 bits per heavy atom. The first kappa shape index (κ1) is 13.1. The van der Waals surface area contributed by atoms with Gasteiger partial charge in [0.1, 0.15) is 5.82 Å². The summed E-state index contributed by atoms with van der Waals surface area (Å²) in [5.74, 6) is 0.922. The van der Waals surface area contributed by atoms with E-state index in [1.165, 1.54) is 6.20 Å². The van der Waals surface area contributed by atoms with E-state index in [1.807, 2.05) is 0 Å². The number of hydrogen-bond acceptors (Lipinski definition) is 2. The van der Waals surface area contributed by atoms with E-state index in [9.17, 15) is 4.39 Å². The van der Waals surface area contributed by atoms with E-state index in [4.69, 9.17) is 0 Å². The van der Waals surface area contributed by atoms with Crippen molar-refractivity contribution in [1.82, 2.24) is 10.3 Å². The van der Waals surface area contributed by atoms with E-state index in [2.05, 4.69) is 31.1 Å². The van der Waals surface area contributed by atoms with Gasteiger partial charge in [-0.05, 0) is 43.0 Å². The summed E-state index contributed by atoms with van der Waals surface area (Å²) in [7, 11) is 0. The minimum absolute atomic E-state index is 0.250. The molecule has 0 amide bonds. The Morgan fingerprint density at radius 1 is 1.25 bits per heavy atom. The van der Waals surface area contributed by atoms with Crippen LogP contribution < -0.4 is 5.32 Å². The van der Waals surface area contributed by atoms with Crippen molar-refractivity contribution < 1.29 is 4.39 Å². The van der Waals surface area contributed by atoms with Crippen molar-refractivity contribution in [2.75, 3.05) is 13.1 Å². The Kier molecular flexibility index (Phi) is 5.39. The van der Waals surface area contributed by atoms with Gasteiger partial charge in [-0.3, -0.25) is 4.98 Å². The number of nitrogens with zero attached hydrogens (tertiary/aromatic N) is 1. The van der Waals surface area contributed by atoms with Crippen molar-refractivity contribution in [3.05, 3.63) is 29.8 Å². The number of halogens is 1. The minimum Gasteiger partial charge on any atom is -0.316 e. The summed E-state index contributed by atoms with van der Waals surface area (Å²) in [6.07, 6.45) is 3.85. The van der Waals surface area contributed by atoms with Gasteiger partial charge in [0, 0.05) is 6.20 Å². The maximum absolute atomic E-state index is 12.9. The lowest BCUT2D eigenvalue weighted by molar-refractivity contribution is 0.472. The SMILES string of the molecule is CC(C)CNCC(C)Cc1cncc(F)c1. The zero-order valence-electron chi connectivity index (χ0n) is 10.3. The first-order valence-electron chi connectivity index (χ1n) is 5.88. The first-order chi connectivity index (χ1) is 7.58. The minimum atomic E-state index is -0.250. The molecule has 2 nitrogen and oxygen atoms in total. The van der Waals surface area contributed by atoms with Crippen LogP contribution in [-0.2, 0) is 6.42 Å². The summed E-state index contributed by atoms with van der Waals surface area (Å²) >= 11 is 0. The topological polar surface area (TPSA) is 24.9 Å². The molecule has 16 heavy (non-hydrogen) atoms. The maximum Gasteiger partial charge on any atom is 0.141 e. The molecule has 1 rings (SSSR count). The molecule has 0 spiro atoms. The predicted octanol–water partition coefficient (Wildman–Crippen LogP) is 2.64. The molecule has 0 radical (unpaired) electrons. The van der Waals surface area contributed by atoms with Crippen LogP contribution in [0.4, 0.5) is 4.39 Å². The van der Waals surface area contributed by atoms with Crippen LogP contribution in [0.5, 0.6) is 0 Å². The fraction of sp³-hybridized carbons (Fsp3) is 0.615. The van der Waals surface area contributed by atoms with Crippen LogP contribution in [0.15, 0.2) is 18.5 Å². The molecule has 1 atom stereocenters. The lowest BCUT2D eigenvalue weighted by Crippen LogP contribution is -2.26. The number of rotatable bonds is 6. The zero-order chi connectivity index (χ0) is 12.0. The highest BCUT2D eigenvalue weighted by atomic mass is 19.1. The van der Waals surface area contributed by atoms with Gasteiger partial charge in [0.25, 0.3) is 0 Å². The fourth-order valence-electron chi connectivity index (χ4n) is 1.66. The van der Waals surface area contributed by atoms with Crippen LogP contribution in [0, 0.1) is 17.7 Å². The molecule has 0 aliphatic heterocycles. The Labute approximate surface area is 97.3 Å². The standard InChI is InChI=1S/C13H21FN2/c1-10(2)6-15-7-11(3)4-12-5-13(14)9-16-8-12/h5,8-11,15H,4,6-7H2,1-3H3. The zero-order valence-corrected chi connectivity index (χ0v) is 10.3. The smallest absolute Gasteiger partial charge is 0.141 e. The highest BCUT2D eigenvalue weighted by Gasteiger charge is 2.05. The maximum atomic E-state index is 12.9. The van der Waals surface area contributed by atoms with E-state index in [-0.39, 0.29) is 5.82 Å². The molecule has 3 heteroatoms. The van der Waals surface area contributed by atoms with Gasteiger partial charge in [0.2, 0.25) is 0 Å². The molecule has 0 saturated carbocycles. The van der Waals surface area contributed by atoms with Gasteiger partial charge in [-0.2, -0.15) is 0 Å². The Bertz CT molecular complexity index is 313. The van der Waals surface area contributed by atoms with Crippen molar-refractivity contribution in [3.8, 4) is 0 Å². The molecule has 0 aromatic carbocycles. The molecule has 1 N–H and O–H groups in total. The second-order valence-electron chi connectivity index (χ2n) is 4.87. The van der Waals surface area contributed by atoms with Crippen molar-refractivity contribution in [2.45, 2.75) is 27.2 Å². The quantitative estimate of drug-likeness (QED) is 0.803. The van der Waals surface area contributed by atoms with Crippen molar-refractivity contribution >= 4 is 0 Å². The second kappa shape index (κ2) is 6.59. The first-order valence-corrected chi connectivity index (χ1v) is 5.88. The molecule has 1 aromatic rings. The normalized spacial score (nSPS) is 13.1. The van der Waals surface area contributed by atoms with Gasteiger partial charge in [0.05, 0.1) is 6.20 Å². The largest absolute Gasteiger partial charge is 0.316 e. The van der Waals surface area contributed by atoms with Gasteiger partial charge in [0.15, 0.2) is 0 Å². The van der Waals surface area contributed by atoms with E-state index in [1.54, 1.807) is 12.3 Å². The van der Waals surface area contributed by atoms with Crippen molar-refractivity contribution in [2.24, 2.45) is 11.8 Å². The van der Waals surface area contributed by atoms with Crippen molar-refractivity contribution in [1.29, 1.82) is 0 Å². The third kappa shape index (κ3) is 5.21. The molecule has 0 saturated heterocycles. The number of pyridine rings is 1. The molecular weight excluding hydrogens is 203 g/mol. The molecule has 0 bridgehead atoms. The molecule has 1 heterocycles. The lowest BCUT2D eigenvalue weighted by Gasteiger charge is -2.13. The summed E-state index contributed by atoms with van der Waals surface area (Å²) in [6.45, 7) is 8.54. The summed E-state index contributed by atoms with van der Waals surface area (Å²) in [5.41, 5.74) is 0.971. The lowest BCUT2D eigenvalue weighted by atomic mass is 10.0. The van der Waals surface area contributed by atoms with Crippen molar-refractivity contribution in [3.63, 3.8) is 0 Å². The summed E-state index contributed by atoms with van der Waals surface area (Å²) < 4.78 is 12.9. The van der Waals surface area contributed by atoms with E-state index in [0.717, 1.165) is 25.1 Å². The molecule has 1 aromatic heterocycles. The fourth-order valence-corrected chi connectivity index (χ4v) is 1.66. The number of aromatic nitrogens is 1. The van der Waals surface area contributed by atoms with Crippen LogP contribution in [0.25, 0.3) is 0 Å². The van der Waals surface area contributed by atoms with Gasteiger partial charge >= 0.3 is 0 Å². The molecule has 0 fully saturated rings. The average molecular weight is 224 g/mol. The summed E-state index contributed by atoms with van der Waals surface area (Å²) in [4.78, 5) is 3.85. The van der Waals surface area contributed by atoms with E-state index >= 15 is 0 Å². The second-order valence-corrected chi connectivity index (χ2v) is 4.87. The van der Waals surface area contributed by atoms with Gasteiger partial charge < -0.3 is 5.32 Å². The van der Waals surface area contributed by atoms with E-state index < -0.39 is 0 Å². The van der Waals surface area contributed by atoms with Crippen LogP contribution in [0.3, 0.4) is 0 Å². The summed E-state index contributed by atoms with van der Waals surface area (Å²) in [5, 5.41) is 3.41. The highest BCUT2D eigenvalue weighted by Crippen LogP contribution is 2.08. The highest BCUT2D eigenvalue weighted by molar-refractivity contribution is 5.10. The van der Waals surface area contributed by atoms with Crippen LogP contribution in [0.1, 0.15) is 26.3 Å². The van der Waals surface area contributed by atoms with E-state index in [0.29, 0.717) is 11.8 Å². The molecule has 1 unspecified atom stereocenters. The van der Waals surface area contributed by atoms with Gasteiger partial charge in [-0.25, -0.2) is 4.39 Å². The average Bonchev–Trinajstić information content (AvgIpc) is 2.16. The summed E-state index contributed by atoms with van der Waals surface area (Å²) in [6, 6.07) is 1.56. The Morgan fingerprint density at radius 2 is 2.00 bits per heavy atom. The molecule has 90 valence electrons. The predicted molar refractivity (Wildman–Crippen MR) is 64.8 cm³/mol. The number of hydrogen-bond donors (Lipinski definition) is 1. The monoisotopic (exact) mass is 224 g/mol. The molecule has 0 aliphatic carbocycles. The van der Waals surface area contributed by atoms with Crippen LogP contribution in [-0.4, -0.2) is 18.1 Å².